The molecule has 106 valence electrons. The van der Waals surface area contributed by atoms with Gasteiger partial charge in [-0.2, -0.15) is 0 Å². The first-order valence-electron chi connectivity index (χ1n) is 6.77. The third-order valence-electron chi connectivity index (χ3n) is 2.38. The Morgan fingerprint density at radius 3 is 2.12 bits per heavy atom. The minimum atomic E-state index is -0.0391. The average Bonchev–Trinajstić information content (AvgIpc) is 2.26. The quantitative estimate of drug-likeness (QED) is 0.636. The number of rotatable bonds is 9. The second-order valence-corrected chi connectivity index (χ2v) is 5.15. The van der Waals surface area contributed by atoms with Gasteiger partial charge in [-0.15, -0.1) is 0 Å². The lowest BCUT2D eigenvalue weighted by molar-refractivity contribution is -0.0441. The van der Waals surface area contributed by atoms with Crippen molar-refractivity contribution in [3.63, 3.8) is 0 Å². The van der Waals surface area contributed by atoms with Crippen molar-refractivity contribution in [3.8, 4) is 0 Å². The van der Waals surface area contributed by atoms with Gasteiger partial charge in [-0.25, -0.2) is 0 Å². The van der Waals surface area contributed by atoms with Gasteiger partial charge in [0.05, 0.1) is 5.60 Å². The molecule has 0 atom stereocenters. The maximum atomic E-state index is 5.84. The van der Waals surface area contributed by atoms with Crippen LogP contribution in [0.1, 0.15) is 53.9 Å². The van der Waals surface area contributed by atoms with Gasteiger partial charge in [0.1, 0.15) is 0 Å². The summed E-state index contributed by atoms with van der Waals surface area (Å²) >= 11 is 0. The largest absolute Gasteiger partial charge is 0.381 e. The zero-order valence-electron chi connectivity index (χ0n) is 12.7. The molecule has 0 bridgehead atoms. The number of hydrogen-bond acceptors (Lipinski definition) is 3. The predicted molar refractivity (Wildman–Crippen MR) is 75.3 cm³/mol. The van der Waals surface area contributed by atoms with Gasteiger partial charge in [-0.05, 0) is 46.1 Å². The van der Waals surface area contributed by atoms with E-state index in [2.05, 4.69) is 40.4 Å². The monoisotopic (exact) mass is 247 g/mol. The van der Waals surface area contributed by atoms with E-state index in [-0.39, 0.29) is 5.60 Å². The van der Waals surface area contributed by atoms with E-state index in [0.717, 1.165) is 45.0 Å². The van der Waals surface area contributed by atoms with Crippen LogP contribution in [0.15, 0.2) is 0 Å². The highest BCUT2D eigenvalue weighted by atomic mass is 16.5. The Bertz CT molecular complexity index is 147. The third-order valence-corrected chi connectivity index (χ3v) is 2.38. The topological polar surface area (TPSA) is 44.5 Å². The van der Waals surface area contributed by atoms with Gasteiger partial charge in [0.2, 0.25) is 0 Å². The molecule has 0 aromatic carbocycles. The second kappa shape index (κ2) is 12.3. The molecule has 0 heterocycles. The first-order valence-corrected chi connectivity index (χ1v) is 6.77. The predicted octanol–water partition coefficient (Wildman–Crippen LogP) is 3.22. The fraction of sp³-hybridized carbons (Fsp3) is 1.00. The average molecular weight is 247 g/mol. The van der Waals surface area contributed by atoms with Crippen LogP contribution in [0.5, 0.6) is 0 Å². The van der Waals surface area contributed by atoms with Crippen LogP contribution >= 0.6 is 0 Å². The van der Waals surface area contributed by atoms with E-state index >= 15 is 0 Å². The Morgan fingerprint density at radius 1 is 1.06 bits per heavy atom. The lowest BCUT2D eigenvalue weighted by atomic mass is 10.1. The molecule has 2 N–H and O–H groups in total. The maximum absolute atomic E-state index is 5.84. The molecule has 0 aliphatic heterocycles. The molecule has 0 fully saturated rings. The molecule has 0 unspecified atom stereocenters. The Hall–Kier alpha value is -0.120. The molecule has 0 saturated carbocycles. The van der Waals surface area contributed by atoms with Crippen LogP contribution in [-0.4, -0.2) is 32.5 Å². The summed E-state index contributed by atoms with van der Waals surface area (Å²) in [5, 5.41) is 0. The fourth-order valence-corrected chi connectivity index (χ4v) is 1.21. The summed E-state index contributed by atoms with van der Waals surface area (Å²) in [5.74, 6) is 0.720. The number of ether oxygens (including phenoxy) is 2. The second-order valence-electron chi connectivity index (χ2n) is 5.15. The van der Waals surface area contributed by atoms with Gasteiger partial charge >= 0.3 is 0 Å². The van der Waals surface area contributed by atoms with Crippen molar-refractivity contribution >= 4 is 0 Å². The van der Waals surface area contributed by atoms with Gasteiger partial charge in [-0.1, -0.05) is 20.8 Å². The van der Waals surface area contributed by atoms with Crippen molar-refractivity contribution in [1.29, 1.82) is 0 Å². The lowest BCUT2D eigenvalue weighted by Crippen LogP contribution is -2.27. The fourth-order valence-electron chi connectivity index (χ4n) is 1.21. The molecule has 0 radical (unpaired) electrons. The lowest BCUT2D eigenvalue weighted by Gasteiger charge is -2.25. The van der Waals surface area contributed by atoms with Gasteiger partial charge < -0.3 is 15.2 Å². The zero-order chi connectivity index (χ0) is 13.7. The van der Waals surface area contributed by atoms with Crippen LogP contribution in [0.4, 0.5) is 0 Å². The number of nitrogens with two attached hydrogens (primary N) is 1. The summed E-state index contributed by atoms with van der Waals surface area (Å²) in [7, 11) is 1.50. The molecule has 0 rings (SSSR count). The molecule has 0 aromatic heterocycles. The first-order chi connectivity index (χ1) is 7.98. The molecule has 0 aliphatic carbocycles. The minimum Gasteiger partial charge on any atom is -0.381 e. The maximum Gasteiger partial charge on any atom is 0.0648 e. The highest BCUT2D eigenvalue weighted by molar-refractivity contribution is 4.68. The van der Waals surface area contributed by atoms with Crippen LogP contribution in [0.3, 0.4) is 0 Å². The minimum absolute atomic E-state index is 0.0391. The van der Waals surface area contributed by atoms with Crippen molar-refractivity contribution in [2.45, 2.75) is 59.5 Å². The number of hydrogen-bond donors (Lipinski definition) is 1. The summed E-state index contributed by atoms with van der Waals surface area (Å²) in [6.07, 6.45) is 3.21. The van der Waals surface area contributed by atoms with Crippen molar-refractivity contribution in [3.05, 3.63) is 0 Å². The van der Waals surface area contributed by atoms with Crippen LogP contribution in [0.2, 0.25) is 0 Å². The molecular weight excluding hydrogens is 214 g/mol. The molecule has 3 heteroatoms. The Labute approximate surface area is 108 Å². The van der Waals surface area contributed by atoms with Crippen molar-refractivity contribution in [2.75, 3.05) is 26.9 Å². The highest BCUT2D eigenvalue weighted by Gasteiger charge is 2.17. The SMILES string of the molecule is CCCOCCC(C)(C)OCCC(C)C.CN. The summed E-state index contributed by atoms with van der Waals surface area (Å²) in [6, 6.07) is 0. The van der Waals surface area contributed by atoms with Crippen LogP contribution in [0, 0.1) is 5.92 Å². The summed E-state index contributed by atoms with van der Waals surface area (Å²) in [5.41, 5.74) is 4.46. The van der Waals surface area contributed by atoms with E-state index in [1.807, 2.05) is 0 Å². The van der Waals surface area contributed by atoms with Crippen LogP contribution in [0.25, 0.3) is 0 Å². The summed E-state index contributed by atoms with van der Waals surface area (Å²) in [6.45, 7) is 13.4. The molecule has 0 spiro atoms. The van der Waals surface area contributed by atoms with Gasteiger partial charge in [-0.3, -0.25) is 0 Å². The molecule has 0 saturated heterocycles. The van der Waals surface area contributed by atoms with E-state index < -0.39 is 0 Å². The molecule has 17 heavy (non-hydrogen) atoms. The standard InChI is InChI=1S/C13H28O2.CH5N/c1-6-9-14-11-8-13(4,5)15-10-7-12(2)3;1-2/h12H,6-11H2,1-5H3;2H2,1H3. The van der Waals surface area contributed by atoms with Gasteiger partial charge in [0, 0.05) is 19.8 Å². The Kier molecular flexibility index (Phi) is 14.0. The first kappa shape index (κ1) is 19.2. The van der Waals surface area contributed by atoms with Crippen LogP contribution in [-0.2, 0) is 9.47 Å². The van der Waals surface area contributed by atoms with Gasteiger partial charge in [0.15, 0.2) is 0 Å². The smallest absolute Gasteiger partial charge is 0.0648 e. The van der Waals surface area contributed by atoms with Crippen molar-refractivity contribution in [1.82, 2.24) is 0 Å². The molecule has 0 amide bonds. The van der Waals surface area contributed by atoms with E-state index in [4.69, 9.17) is 9.47 Å². The van der Waals surface area contributed by atoms with Gasteiger partial charge in [0.25, 0.3) is 0 Å². The molecular formula is C14H33NO2. The van der Waals surface area contributed by atoms with E-state index in [0.29, 0.717) is 0 Å². The third kappa shape index (κ3) is 15.9. The van der Waals surface area contributed by atoms with E-state index in [1.165, 1.54) is 7.05 Å². The van der Waals surface area contributed by atoms with Crippen LogP contribution < -0.4 is 5.73 Å². The summed E-state index contributed by atoms with van der Waals surface area (Å²) in [4.78, 5) is 0. The zero-order valence-corrected chi connectivity index (χ0v) is 12.7. The van der Waals surface area contributed by atoms with Crippen molar-refractivity contribution in [2.24, 2.45) is 11.7 Å². The Morgan fingerprint density at radius 2 is 1.65 bits per heavy atom. The molecule has 0 aliphatic rings. The summed E-state index contributed by atoms with van der Waals surface area (Å²) < 4.78 is 11.3. The normalized spacial score (nSPS) is 11.3. The van der Waals surface area contributed by atoms with E-state index in [9.17, 15) is 0 Å². The molecule has 3 nitrogen and oxygen atoms in total. The molecule has 0 aromatic rings. The highest BCUT2D eigenvalue weighted by Crippen LogP contribution is 2.15. The van der Waals surface area contributed by atoms with Crippen molar-refractivity contribution < 1.29 is 9.47 Å². The Balaban J connectivity index is 0. The van der Waals surface area contributed by atoms with E-state index in [1.54, 1.807) is 0 Å².